The van der Waals surface area contributed by atoms with Crippen LogP contribution in [-0.2, 0) is 6.54 Å². The van der Waals surface area contributed by atoms with Crippen molar-refractivity contribution in [1.29, 1.82) is 0 Å². The summed E-state index contributed by atoms with van der Waals surface area (Å²) >= 11 is 5.86. The van der Waals surface area contributed by atoms with Gasteiger partial charge in [0.25, 0.3) is 0 Å². The molecule has 104 valence electrons. The Kier molecular flexibility index (Phi) is 4.42. The minimum absolute atomic E-state index is 0.00765. The van der Waals surface area contributed by atoms with Crippen molar-refractivity contribution in [2.24, 2.45) is 10.9 Å². The Bertz CT molecular complexity index is 613. The van der Waals surface area contributed by atoms with E-state index in [2.05, 4.69) is 10.1 Å². The highest BCUT2D eigenvalue weighted by atomic mass is 35.5. The first-order valence-corrected chi connectivity index (χ1v) is 6.38. The molecule has 1 aromatic carbocycles. The lowest BCUT2D eigenvalue weighted by molar-refractivity contribution is 0.318. The van der Waals surface area contributed by atoms with Crippen LogP contribution in [0.4, 0.5) is 5.82 Å². The highest BCUT2D eigenvalue weighted by Gasteiger charge is 2.07. The summed E-state index contributed by atoms with van der Waals surface area (Å²) < 4.78 is 0. The van der Waals surface area contributed by atoms with Crippen molar-refractivity contribution >= 4 is 23.3 Å². The number of amidine groups is 1. The van der Waals surface area contributed by atoms with Crippen LogP contribution in [0.1, 0.15) is 11.3 Å². The number of hydrogen-bond donors (Lipinski definition) is 2. The van der Waals surface area contributed by atoms with Gasteiger partial charge in [-0.1, -0.05) is 35.0 Å². The second kappa shape index (κ2) is 6.25. The van der Waals surface area contributed by atoms with E-state index in [4.69, 9.17) is 22.5 Å². The summed E-state index contributed by atoms with van der Waals surface area (Å²) in [5.41, 5.74) is 7.09. The Morgan fingerprint density at radius 2 is 2.00 bits per heavy atom. The summed E-state index contributed by atoms with van der Waals surface area (Å²) in [4.78, 5) is 6.31. The van der Waals surface area contributed by atoms with Crippen molar-refractivity contribution in [2.45, 2.75) is 6.54 Å². The SMILES string of the molecule is CN(Cc1ccc(Cl)cc1)c1cccc(C(N)=NO)n1. The summed E-state index contributed by atoms with van der Waals surface area (Å²) in [7, 11) is 1.92. The first kappa shape index (κ1) is 14.1. The van der Waals surface area contributed by atoms with E-state index in [1.165, 1.54) is 0 Å². The summed E-state index contributed by atoms with van der Waals surface area (Å²) in [6.45, 7) is 0.684. The fraction of sp³-hybridized carbons (Fsp3) is 0.143. The Morgan fingerprint density at radius 1 is 1.30 bits per heavy atom. The van der Waals surface area contributed by atoms with Crippen LogP contribution in [0.3, 0.4) is 0 Å². The van der Waals surface area contributed by atoms with Crippen LogP contribution in [0.15, 0.2) is 47.6 Å². The van der Waals surface area contributed by atoms with Gasteiger partial charge in [-0.2, -0.15) is 0 Å². The van der Waals surface area contributed by atoms with Gasteiger partial charge in [0, 0.05) is 18.6 Å². The van der Waals surface area contributed by atoms with Crippen molar-refractivity contribution in [3.05, 3.63) is 58.7 Å². The molecule has 0 saturated carbocycles. The number of oxime groups is 1. The molecule has 0 aliphatic carbocycles. The molecule has 0 radical (unpaired) electrons. The molecule has 0 spiro atoms. The summed E-state index contributed by atoms with van der Waals surface area (Å²) in [6.07, 6.45) is 0. The van der Waals surface area contributed by atoms with Gasteiger partial charge in [-0.3, -0.25) is 0 Å². The molecule has 0 bridgehead atoms. The summed E-state index contributed by atoms with van der Waals surface area (Å²) in [6, 6.07) is 13.0. The number of benzene rings is 1. The predicted octanol–water partition coefficient (Wildman–Crippen LogP) is 2.47. The molecule has 0 aliphatic heterocycles. The average Bonchev–Trinajstić information content (AvgIpc) is 2.49. The first-order chi connectivity index (χ1) is 9.60. The maximum absolute atomic E-state index is 8.68. The molecule has 1 aromatic heterocycles. The van der Waals surface area contributed by atoms with Crippen LogP contribution < -0.4 is 10.6 Å². The maximum atomic E-state index is 8.68. The lowest BCUT2D eigenvalue weighted by Gasteiger charge is -2.18. The fourth-order valence-corrected chi connectivity index (χ4v) is 1.90. The van der Waals surface area contributed by atoms with Gasteiger partial charge in [0.2, 0.25) is 0 Å². The Labute approximate surface area is 122 Å². The Hall–Kier alpha value is -2.27. The van der Waals surface area contributed by atoms with E-state index in [1.807, 2.05) is 48.3 Å². The molecule has 20 heavy (non-hydrogen) atoms. The molecular formula is C14H15ClN4O. The van der Waals surface area contributed by atoms with E-state index in [-0.39, 0.29) is 5.84 Å². The van der Waals surface area contributed by atoms with Gasteiger partial charge in [0.05, 0.1) is 0 Å². The third-order valence-electron chi connectivity index (χ3n) is 2.83. The van der Waals surface area contributed by atoms with Gasteiger partial charge in [-0.05, 0) is 29.8 Å². The van der Waals surface area contributed by atoms with Gasteiger partial charge in [-0.15, -0.1) is 0 Å². The Morgan fingerprint density at radius 3 is 2.65 bits per heavy atom. The molecule has 0 atom stereocenters. The molecule has 0 fully saturated rings. The average molecular weight is 291 g/mol. The van der Waals surface area contributed by atoms with Crippen molar-refractivity contribution in [2.75, 3.05) is 11.9 Å². The van der Waals surface area contributed by atoms with E-state index in [0.29, 0.717) is 17.3 Å². The largest absolute Gasteiger partial charge is 0.409 e. The molecule has 3 N–H and O–H groups in total. The van der Waals surface area contributed by atoms with E-state index in [9.17, 15) is 0 Å². The van der Waals surface area contributed by atoms with Crippen LogP contribution in [0.25, 0.3) is 0 Å². The number of halogens is 1. The zero-order valence-corrected chi connectivity index (χ0v) is 11.7. The third kappa shape index (κ3) is 3.39. The number of hydrogen-bond acceptors (Lipinski definition) is 4. The van der Waals surface area contributed by atoms with Crippen molar-refractivity contribution in [3.63, 3.8) is 0 Å². The lowest BCUT2D eigenvalue weighted by Crippen LogP contribution is -2.20. The topological polar surface area (TPSA) is 74.7 Å². The summed E-state index contributed by atoms with van der Waals surface area (Å²) in [5.74, 6) is 0.732. The predicted molar refractivity (Wildman–Crippen MR) is 80.3 cm³/mol. The van der Waals surface area contributed by atoms with Crippen LogP contribution in [0.5, 0.6) is 0 Å². The molecule has 2 aromatic rings. The number of nitrogens with two attached hydrogens (primary N) is 1. The van der Waals surface area contributed by atoms with Crippen molar-refractivity contribution < 1.29 is 5.21 Å². The highest BCUT2D eigenvalue weighted by Crippen LogP contribution is 2.15. The monoisotopic (exact) mass is 290 g/mol. The number of anilines is 1. The fourth-order valence-electron chi connectivity index (χ4n) is 1.77. The number of nitrogens with zero attached hydrogens (tertiary/aromatic N) is 3. The molecule has 5 nitrogen and oxygen atoms in total. The van der Waals surface area contributed by atoms with Crippen LogP contribution in [0, 0.1) is 0 Å². The van der Waals surface area contributed by atoms with E-state index in [1.54, 1.807) is 6.07 Å². The molecule has 2 rings (SSSR count). The van der Waals surface area contributed by atoms with Crippen LogP contribution >= 0.6 is 11.6 Å². The van der Waals surface area contributed by atoms with E-state index < -0.39 is 0 Å². The maximum Gasteiger partial charge on any atom is 0.188 e. The molecule has 0 aliphatic rings. The van der Waals surface area contributed by atoms with Gasteiger partial charge >= 0.3 is 0 Å². The molecule has 0 amide bonds. The number of aromatic nitrogens is 1. The van der Waals surface area contributed by atoms with Gasteiger partial charge in [0.15, 0.2) is 5.84 Å². The second-order valence-corrected chi connectivity index (χ2v) is 4.79. The minimum Gasteiger partial charge on any atom is -0.409 e. The van der Waals surface area contributed by atoms with Gasteiger partial charge in [0.1, 0.15) is 11.5 Å². The quantitative estimate of drug-likeness (QED) is 0.393. The highest BCUT2D eigenvalue weighted by molar-refractivity contribution is 6.30. The van der Waals surface area contributed by atoms with Crippen LogP contribution in [-0.4, -0.2) is 23.1 Å². The zero-order valence-electron chi connectivity index (χ0n) is 11.0. The van der Waals surface area contributed by atoms with E-state index in [0.717, 1.165) is 11.4 Å². The van der Waals surface area contributed by atoms with Crippen molar-refractivity contribution in [1.82, 2.24) is 4.98 Å². The Balaban J connectivity index is 2.16. The van der Waals surface area contributed by atoms with Gasteiger partial charge < -0.3 is 15.8 Å². The molecule has 1 heterocycles. The first-order valence-electron chi connectivity index (χ1n) is 6.00. The van der Waals surface area contributed by atoms with Crippen molar-refractivity contribution in [3.8, 4) is 0 Å². The third-order valence-corrected chi connectivity index (χ3v) is 3.08. The van der Waals surface area contributed by atoms with E-state index >= 15 is 0 Å². The smallest absolute Gasteiger partial charge is 0.188 e. The number of pyridine rings is 1. The zero-order chi connectivity index (χ0) is 14.5. The van der Waals surface area contributed by atoms with Gasteiger partial charge in [-0.25, -0.2) is 4.98 Å². The second-order valence-electron chi connectivity index (χ2n) is 4.35. The number of rotatable bonds is 4. The molecule has 0 saturated heterocycles. The summed E-state index contributed by atoms with van der Waals surface area (Å²) in [5, 5.41) is 12.3. The minimum atomic E-state index is -0.00765. The van der Waals surface area contributed by atoms with Crippen LogP contribution in [0.2, 0.25) is 5.02 Å². The molecule has 6 heteroatoms. The molecular weight excluding hydrogens is 276 g/mol. The standard InChI is InChI=1S/C14H15ClN4O/c1-19(9-10-5-7-11(15)8-6-10)13-4-2-3-12(17-13)14(16)18-20/h2-8,20H,9H2,1H3,(H2,16,18). The lowest BCUT2D eigenvalue weighted by atomic mass is 10.2. The molecule has 0 unspecified atom stereocenters. The normalized spacial score (nSPS) is 11.4.